The number of morpholine rings is 1. The first-order chi connectivity index (χ1) is 15.5. The fraction of sp³-hybridized carbons (Fsp3) is 0.273. The summed E-state index contributed by atoms with van der Waals surface area (Å²) in [6.07, 6.45) is 1.83. The number of aromatic nitrogens is 1. The van der Waals surface area contributed by atoms with Crippen molar-refractivity contribution in [1.29, 1.82) is 0 Å². The van der Waals surface area contributed by atoms with Crippen LogP contribution in [0.3, 0.4) is 0 Å². The first-order valence-electron chi connectivity index (χ1n) is 10.0. The van der Waals surface area contributed by atoms with Gasteiger partial charge in [0.15, 0.2) is 0 Å². The number of sulfonamides is 1. The maximum atomic E-state index is 13.3. The topological polar surface area (TPSA) is 79.8 Å². The van der Waals surface area contributed by atoms with Crippen LogP contribution in [0.15, 0.2) is 64.9 Å². The Morgan fingerprint density at radius 3 is 2.41 bits per heavy atom. The number of carbonyl (C=O) groups excluding carboxylic acids is 1. The number of rotatable bonds is 7. The van der Waals surface area contributed by atoms with Gasteiger partial charge in [-0.2, -0.15) is 3.71 Å². The Kier molecular flexibility index (Phi) is 7.14. The summed E-state index contributed by atoms with van der Waals surface area (Å²) in [6, 6.07) is 16.6. The van der Waals surface area contributed by atoms with Crippen molar-refractivity contribution in [3.8, 4) is 11.1 Å². The minimum Gasteiger partial charge on any atom is -0.378 e. The third-order valence-corrected chi connectivity index (χ3v) is 9.16. The Morgan fingerprint density at radius 2 is 1.75 bits per heavy atom. The van der Waals surface area contributed by atoms with Gasteiger partial charge >= 0.3 is 0 Å². The zero-order valence-corrected chi connectivity index (χ0v) is 20.0. The van der Waals surface area contributed by atoms with E-state index < -0.39 is 10.0 Å². The highest BCUT2D eigenvalue weighted by molar-refractivity contribution is 8.14. The second kappa shape index (κ2) is 10.0. The van der Waals surface area contributed by atoms with Gasteiger partial charge in [0.2, 0.25) is 11.0 Å². The minimum absolute atomic E-state index is 0.0276. The lowest BCUT2D eigenvalue weighted by molar-refractivity contribution is -0.134. The van der Waals surface area contributed by atoms with Crippen LogP contribution in [0.5, 0.6) is 0 Å². The molecule has 0 atom stereocenters. The zero-order valence-electron chi connectivity index (χ0n) is 17.5. The summed E-state index contributed by atoms with van der Waals surface area (Å²) in [4.78, 5) is 18.9. The number of thiazole rings is 1. The molecule has 0 saturated carbocycles. The smallest absolute Gasteiger partial charge is 0.275 e. The van der Waals surface area contributed by atoms with Crippen molar-refractivity contribution in [3.63, 3.8) is 0 Å². The summed E-state index contributed by atoms with van der Waals surface area (Å²) in [6.45, 7) is 2.21. The summed E-state index contributed by atoms with van der Waals surface area (Å²) in [7, 11) is -3.81. The van der Waals surface area contributed by atoms with Crippen molar-refractivity contribution in [2.45, 2.75) is 11.3 Å². The molecule has 0 N–H and O–H groups in total. The van der Waals surface area contributed by atoms with Crippen LogP contribution in [0.2, 0.25) is 0 Å². The lowest BCUT2D eigenvalue weighted by Gasteiger charge is -2.26. The Hall–Kier alpha value is -2.40. The number of nitrogens with zero attached hydrogens (tertiary/aromatic N) is 3. The molecule has 2 aromatic carbocycles. The molecular weight excluding hydrogens is 466 g/mol. The van der Waals surface area contributed by atoms with E-state index in [4.69, 9.17) is 4.74 Å². The Balaban J connectivity index is 1.51. The first kappa shape index (κ1) is 22.8. The van der Waals surface area contributed by atoms with E-state index in [9.17, 15) is 13.2 Å². The van der Waals surface area contributed by atoms with Gasteiger partial charge in [0.05, 0.1) is 30.2 Å². The minimum atomic E-state index is -3.81. The molecule has 10 heteroatoms. The zero-order chi connectivity index (χ0) is 22.6. The van der Waals surface area contributed by atoms with Crippen LogP contribution in [-0.4, -0.2) is 56.8 Å². The molecule has 1 saturated heterocycles. The average Bonchev–Trinajstić information content (AvgIpc) is 3.28. The normalized spacial score (nSPS) is 14.3. The molecule has 1 aromatic heterocycles. The van der Waals surface area contributed by atoms with Crippen LogP contribution in [0, 0.1) is 0 Å². The average molecular weight is 490 g/mol. The summed E-state index contributed by atoms with van der Waals surface area (Å²) >= 11 is 2.28. The van der Waals surface area contributed by atoms with Gasteiger partial charge in [-0.05, 0) is 35.2 Å². The molecular formula is C22H23N3O4S3. The molecule has 3 aromatic rings. The number of ether oxygens (including phenoxy) is 1. The molecule has 1 aliphatic rings. The molecule has 1 amide bonds. The SMILES string of the molecule is CSN(c1nc(CC(=O)N2CCOCC2)cs1)S(=O)(=O)c1ccc(-c2ccccc2)cc1. The number of amides is 1. The Labute approximate surface area is 196 Å². The summed E-state index contributed by atoms with van der Waals surface area (Å²) in [5.41, 5.74) is 2.53. The third-order valence-electron chi connectivity index (χ3n) is 5.04. The van der Waals surface area contributed by atoms with Gasteiger partial charge in [-0.3, -0.25) is 4.79 Å². The van der Waals surface area contributed by atoms with Crippen molar-refractivity contribution >= 4 is 44.3 Å². The largest absolute Gasteiger partial charge is 0.378 e. The maximum Gasteiger partial charge on any atom is 0.275 e. The van der Waals surface area contributed by atoms with E-state index in [0.717, 1.165) is 23.1 Å². The van der Waals surface area contributed by atoms with Crippen molar-refractivity contribution in [3.05, 3.63) is 65.7 Å². The molecule has 0 unspecified atom stereocenters. The number of benzene rings is 2. The molecule has 2 heterocycles. The van der Waals surface area contributed by atoms with Gasteiger partial charge in [-0.1, -0.05) is 42.5 Å². The lowest BCUT2D eigenvalue weighted by Crippen LogP contribution is -2.41. The predicted molar refractivity (Wildman–Crippen MR) is 128 cm³/mol. The van der Waals surface area contributed by atoms with E-state index in [1.165, 1.54) is 15.0 Å². The van der Waals surface area contributed by atoms with Crippen molar-refractivity contribution < 1.29 is 17.9 Å². The predicted octanol–water partition coefficient (Wildman–Crippen LogP) is 3.68. The fourth-order valence-corrected chi connectivity index (χ4v) is 6.93. The number of carbonyl (C=O) groups is 1. The molecule has 0 radical (unpaired) electrons. The highest BCUT2D eigenvalue weighted by Gasteiger charge is 2.28. The van der Waals surface area contributed by atoms with Crippen molar-refractivity contribution in [2.24, 2.45) is 0 Å². The standard InChI is InChI=1S/C22H23N3O4S3/c1-30-25(22-23-19(16-31-22)15-21(26)24-11-13-29-14-12-24)32(27,28)20-9-7-18(8-10-20)17-5-3-2-4-6-17/h2-10,16H,11-15H2,1H3. The van der Waals surface area contributed by atoms with Gasteiger partial charge in [-0.25, -0.2) is 13.4 Å². The van der Waals surface area contributed by atoms with E-state index in [1.807, 2.05) is 30.3 Å². The molecule has 0 bridgehead atoms. The summed E-state index contributed by atoms with van der Waals surface area (Å²) in [5, 5.41) is 2.07. The molecule has 168 valence electrons. The van der Waals surface area contributed by atoms with Crippen LogP contribution in [-0.2, 0) is 26.0 Å². The van der Waals surface area contributed by atoms with Gasteiger partial charge in [0.25, 0.3) is 10.0 Å². The first-order valence-corrected chi connectivity index (χ1v) is 13.5. The number of hydrogen-bond acceptors (Lipinski definition) is 7. The van der Waals surface area contributed by atoms with Crippen LogP contribution >= 0.6 is 23.3 Å². The van der Waals surface area contributed by atoms with Gasteiger partial charge in [0.1, 0.15) is 0 Å². The van der Waals surface area contributed by atoms with Crippen LogP contribution in [0.1, 0.15) is 5.69 Å². The molecule has 32 heavy (non-hydrogen) atoms. The van der Waals surface area contributed by atoms with E-state index in [1.54, 1.807) is 40.8 Å². The highest BCUT2D eigenvalue weighted by Crippen LogP contribution is 2.33. The number of hydrogen-bond donors (Lipinski definition) is 0. The van der Waals surface area contributed by atoms with Crippen molar-refractivity contribution in [1.82, 2.24) is 9.88 Å². The molecule has 4 rings (SSSR count). The highest BCUT2D eigenvalue weighted by atomic mass is 32.3. The second-order valence-electron chi connectivity index (χ2n) is 7.10. The second-order valence-corrected chi connectivity index (χ2v) is 10.7. The van der Waals surface area contributed by atoms with Crippen LogP contribution < -0.4 is 3.71 Å². The van der Waals surface area contributed by atoms with E-state index in [-0.39, 0.29) is 17.2 Å². The van der Waals surface area contributed by atoms with E-state index in [2.05, 4.69) is 4.98 Å². The maximum absolute atomic E-state index is 13.3. The Bertz CT molecular complexity index is 1160. The summed E-state index contributed by atoms with van der Waals surface area (Å²) < 4.78 is 33.0. The molecule has 0 spiro atoms. The summed E-state index contributed by atoms with van der Waals surface area (Å²) in [5.74, 6) is -0.0276. The molecule has 0 aliphatic carbocycles. The molecule has 7 nitrogen and oxygen atoms in total. The van der Waals surface area contributed by atoms with Crippen LogP contribution in [0.4, 0.5) is 5.13 Å². The van der Waals surface area contributed by atoms with Crippen LogP contribution in [0.25, 0.3) is 11.1 Å². The number of anilines is 1. The molecule has 1 fully saturated rings. The van der Waals surface area contributed by atoms with E-state index >= 15 is 0 Å². The van der Waals surface area contributed by atoms with Gasteiger partial charge in [-0.15, -0.1) is 11.3 Å². The van der Waals surface area contributed by atoms with Gasteiger partial charge in [0, 0.05) is 24.7 Å². The quantitative estimate of drug-likeness (QED) is 0.471. The van der Waals surface area contributed by atoms with E-state index in [0.29, 0.717) is 37.1 Å². The fourth-order valence-electron chi connectivity index (χ4n) is 3.37. The Morgan fingerprint density at radius 1 is 1.09 bits per heavy atom. The van der Waals surface area contributed by atoms with Gasteiger partial charge < -0.3 is 9.64 Å². The van der Waals surface area contributed by atoms with Crippen molar-refractivity contribution in [2.75, 3.05) is 36.3 Å². The monoisotopic (exact) mass is 489 g/mol. The molecule has 1 aliphatic heterocycles. The third kappa shape index (κ3) is 4.98. The lowest BCUT2D eigenvalue weighted by atomic mass is 10.1.